The zero-order valence-electron chi connectivity index (χ0n) is 7.29. The van der Waals surface area contributed by atoms with Crippen molar-refractivity contribution >= 4 is 5.82 Å². The Kier molecular flexibility index (Phi) is 2.85. The Labute approximate surface area is 71.0 Å². The summed E-state index contributed by atoms with van der Waals surface area (Å²) in [5.74, 6) is 1.23. The minimum absolute atomic E-state index is 0.177. The fraction of sp³-hybridized carbons (Fsp3) is 0.500. The highest BCUT2D eigenvalue weighted by Crippen LogP contribution is 1.97. The smallest absolute Gasteiger partial charge is 0.267 e. The Morgan fingerprint density at radius 2 is 2.33 bits per heavy atom. The number of nitrogens with one attached hydrogen (secondary N) is 2. The van der Waals surface area contributed by atoms with E-state index < -0.39 is 0 Å². The normalized spacial score (nSPS) is 10.2. The molecule has 0 atom stereocenters. The van der Waals surface area contributed by atoms with Gasteiger partial charge >= 0.3 is 0 Å². The highest BCUT2D eigenvalue weighted by molar-refractivity contribution is 5.29. The lowest BCUT2D eigenvalue weighted by molar-refractivity contribution is 0.686. The third kappa shape index (κ3) is 2.74. The minimum atomic E-state index is -0.177. The van der Waals surface area contributed by atoms with Crippen molar-refractivity contribution in [1.29, 1.82) is 0 Å². The second-order valence-electron chi connectivity index (χ2n) is 3.08. The van der Waals surface area contributed by atoms with Gasteiger partial charge in [0.05, 0.1) is 12.4 Å². The van der Waals surface area contributed by atoms with E-state index in [1.807, 2.05) is 0 Å². The van der Waals surface area contributed by atoms with Crippen LogP contribution in [0.25, 0.3) is 0 Å². The molecule has 1 rings (SSSR count). The zero-order chi connectivity index (χ0) is 8.97. The lowest BCUT2D eigenvalue weighted by Crippen LogP contribution is -2.13. The number of H-pyrrole nitrogens is 1. The first kappa shape index (κ1) is 8.77. The van der Waals surface area contributed by atoms with E-state index in [-0.39, 0.29) is 5.56 Å². The summed E-state index contributed by atoms with van der Waals surface area (Å²) in [6.45, 7) is 5.03. The summed E-state index contributed by atoms with van der Waals surface area (Å²) < 4.78 is 0. The third-order valence-electron chi connectivity index (χ3n) is 1.35. The van der Waals surface area contributed by atoms with Gasteiger partial charge in [0.15, 0.2) is 0 Å². The summed E-state index contributed by atoms with van der Waals surface area (Å²) in [5.41, 5.74) is -0.177. The van der Waals surface area contributed by atoms with E-state index >= 15 is 0 Å². The van der Waals surface area contributed by atoms with E-state index in [9.17, 15) is 4.79 Å². The monoisotopic (exact) mass is 167 g/mol. The van der Waals surface area contributed by atoms with Gasteiger partial charge in [0.25, 0.3) is 5.56 Å². The van der Waals surface area contributed by atoms with Crippen LogP contribution in [0, 0.1) is 5.92 Å². The van der Waals surface area contributed by atoms with Crippen molar-refractivity contribution in [3.8, 4) is 0 Å². The summed E-state index contributed by atoms with van der Waals surface area (Å²) in [6, 6.07) is 0. The second-order valence-corrected chi connectivity index (χ2v) is 3.08. The van der Waals surface area contributed by atoms with Crippen molar-refractivity contribution in [2.24, 2.45) is 5.92 Å². The molecule has 0 radical (unpaired) electrons. The minimum Gasteiger partial charge on any atom is -0.370 e. The average Bonchev–Trinajstić information content (AvgIpc) is 2.01. The standard InChI is InChI=1S/C8H13N3O/c1-6(2)3-10-7-4-9-5-8(12)11-7/h4-6H,3H2,1-2H3,(H2,10,11,12). The molecule has 0 unspecified atom stereocenters. The summed E-state index contributed by atoms with van der Waals surface area (Å²) in [7, 11) is 0. The number of nitrogens with zero attached hydrogens (tertiary/aromatic N) is 1. The topological polar surface area (TPSA) is 57.8 Å². The Hall–Kier alpha value is -1.32. The molecule has 0 saturated carbocycles. The van der Waals surface area contributed by atoms with Gasteiger partial charge in [0, 0.05) is 6.54 Å². The molecule has 2 N–H and O–H groups in total. The molecule has 0 fully saturated rings. The second kappa shape index (κ2) is 3.90. The van der Waals surface area contributed by atoms with E-state index in [0.717, 1.165) is 6.54 Å². The molecule has 1 aromatic heterocycles. The van der Waals surface area contributed by atoms with E-state index in [1.165, 1.54) is 6.20 Å². The van der Waals surface area contributed by atoms with Crippen LogP contribution in [0.3, 0.4) is 0 Å². The van der Waals surface area contributed by atoms with Crippen LogP contribution >= 0.6 is 0 Å². The Bertz CT molecular complexity index is 292. The van der Waals surface area contributed by atoms with Gasteiger partial charge in [-0.05, 0) is 5.92 Å². The van der Waals surface area contributed by atoms with Crippen LogP contribution in [0.5, 0.6) is 0 Å². The summed E-state index contributed by atoms with van der Waals surface area (Å²) in [6.07, 6.45) is 2.85. The molecule has 12 heavy (non-hydrogen) atoms. The number of aromatic amines is 1. The fourth-order valence-corrected chi connectivity index (χ4v) is 0.781. The van der Waals surface area contributed by atoms with Gasteiger partial charge in [-0.2, -0.15) is 0 Å². The summed E-state index contributed by atoms with van der Waals surface area (Å²) in [4.78, 5) is 17.2. The number of rotatable bonds is 3. The van der Waals surface area contributed by atoms with Gasteiger partial charge in [0.1, 0.15) is 5.82 Å². The van der Waals surface area contributed by atoms with Crippen LogP contribution in [-0.2, 0) is 0 Å². The van der Waals surface area contributed by atoms with Crippen molar-refractivity contribution in [3.63, 3.8) is 0 Å². The Balaban J connectivity index is 2.58. The molecular weight excluding hydrogens is 154 g/mol. The third-order valence-corrected chi connectivity index (χ3v) is 1.35. The number of hydrogen-bond acceptors (Lipinski definition) is 3. The maximum absolute atomic E-state index is 10.8. The van der Waals surface area contributed by atoms with Gasteiger partial charge in [0.2, 0.25) is 0 Å². The molecule has 1 heterocycles. The van der Waals surface area contributed by atoms with Crippen molar-refractivity contribution in [3.05, 3.63) is 22.7 Å². The van der Waals surface area contributed by atoms with Crippen LogP contribution in [0.1, 0.15) is 13.8 Å². The van der Waals surface area contributed by atoms with Crippen LogP contribution in [0.2, 0.25) is 0 Å². The molecule has 0 spiro atoms. The molecule has 4 nitrogen and oxygen atoms in total. The van der Waals surface area contributed by atoms with Crippen LogP contribution in [0.4, 0.5) is 5.82 Å². The predicted octanol–water partition coefficient (Wildman–Crippen LogP) is 0.838. The molecule has 0 aliphatic carbocycles. The van der Waals surface area contributed by atoms with E-state index in [1.54, 1.807) is 6.20 Å². The number of hydrogen-bond donors (Lipinski definition) is 2. The maximum atomic E-state index is 10.8. The highest BCUT2D eigenvalue weighted by atomic mass is 16.1. The molecular formula is C8H13N3O. The van der Waals surface area contributed by atoms with Crippen LogP contribution < -0.4 is 10.9 Å². The van der Waals surface area contributed by atoms with Gasteiger partial charge in [-0.25, -0.2) is 0 Å². The maximum Gasteiger partial charge on any atom is 0.267 e. The zero-order valence-corrected chi connectivity index (χ0v) is 7.29. The van der Waals surface area contributed by atoms with E-state index in [0.29, 0.717) is 11.7 Å². The van der Waals surface area contributed by atoms with Crippen molar-refractivity contribution < 1.29 is 0 Å². The van der Waals surface area contributed by atoms with Gasteiger partial charge in [-0.1, -0.05) is 13.8 Å². The molecule has 4 heteroatoms. The molecule has 0 aliphatic rings. The fourth-order valence-electron chi connectivity index (χ4n) is 0.781. The van der Waals surface area contributed by atoms with Crippen LogP contribution in [0.15, 0.2) is 17.2 Å². The summed E-state index contributed by atoms with van der Waals surface area (Å²) in [5, 5.41) is 3.07. The molecule has 0 amide bonds. The molecule has 1 aromatic rings. The van der Waals surface area contributed by atoms with Crippen molar-refractivity contribution in [1.82, 2.24) is 9.97 Å². The van der Waals surface area contributed by atoms with Crippen molar-refractivity contribution in [2.45, 2.75) is 13.8 Å². The number of aromatic nitrogens is 2. The largest absolute Gasteiger partial charge is 0.370 e. The van der Waals surface area contributed by atoms with Crippen molar-refractivity contribution in [2.75, 3.05) is 11.9 Å². The van der Waals surface area contributed by atoms with Crippen LogP contribution in [-0.4, -0.2) is 16.5 Å². The van der Waals surface area contributed by atoms with E-state index in [4.69, 9.17) is 0 Å². The Morgan fingerprint density at radius 3 is 2.92 bits per heavy atom. The first-order chi connectivity index (χ1) is 5.68. The lowest BCUT2D eigenvalue weighted by atomic mass is 10.2. The average molecular weight is 167 g/mol. The SMILES string of the molecule is CC(C)CNc1cncc(=O)[nH]1. The molecule has 0 aliphatic heterocycles. The highest BCUT2D eigenvalue weighted by Gasteiger charge is 1.94. The van der Waals surface area contributed by atoms with Gasteiger partial charge in [-0.15, -0.1) is 0 Å². The quantitative estimate of drug-likeness (QED) is 0.701. The molecule has 66 valence electrons. The van der Waals surface area contributed by atoms with E-state index in [2.05, 4.69) is 29.1 Å². The number of anilines is 1. The van der Waals surface area contributed by atoms with Gasteiger partial charge in [-0.3, -0.25) is 9.78 Å². The van der Waals surface area contributed by atoms with Gasteiger partial charge < -0.3 is 10.3 Å². The summed E-state index contributed by atoms with van der Waals surface area (Å²) >= 11 is 0. The first-order valence-electron chi connectivity index (χ1n) is 3.96. The lowest BCUT2D eigenvalue weighted by Gasteiger charge is -2.06. The molecule has 0 aromatic carbocycles. The first-order valence-corrected chi connectivity index (χ1v) is 3.96. The predicted molar refractivity (Wildman–Crippen MR) is 48.2 cm³/mol. The Morgan fingerprint density at radius 1 is 1.58 bits per heavy atom. The molecule has 0 saturated heterocycles. The molecule has 0 bridgehead atoms.